The van der Waals surface area contributed by atoms with E-state index in [1.807, 2.05) is 54.7 Å². The highest BCUT2D eigenvalue weighted by molar-refractivity contribution is 7.80. The number of para-hydroxylation sites is 1. The van der Waals surface area contributed by atoms with Crippen LogP contribution in [0.5, 0.6) is 0 Å². The highest BCUT2D eigenvalue weighted by atomic mass is 32.1. The van der Waals surface area contributed by atoms with E-state index in [1.54, 1.807) is 0 Å². The Morgan fingerprint density at radius 2 is 1.85 bits per heavy atom. The number of hydrogen-bond donors (Lipinski definition) is 2. The number of anilines is 1. The molecule has 170 valence electrons. The number of pyridine rings is 1. The van der Waals surface area contributed by atoms with Crippen molar-refractivity contribution in [3.8, 4) is 0 Å². The third kappa shape index (κ3) is 4.64. The average Bonchev–Trinajstić information content (AvgIpc) is 3.59. The van der Waals surface area contributed by atoms with Gasteiger partial charge in [0, 0.05) is 42.8 Å². The van der Waals surface area contributed by atoms with Gasteiger partial charge in [0.1, 0.15) is 0 Å². The number of benzene rings is 1. The Hall–Kier alpha value is -3.19. The van der Waals surface area contributed by atoms with Crippen LogP contribution in [0.3, 0.4) is 0 Å². The van der Waals surface area contributed by atoms with Crippen molar-refractivity contribution in [3.63, 3.8) is 0 Å². The van der Waals surface area contributed by atoms with Gasteiger partial charge in [-0.15, -0.1) is 0 Å². The highest BCUT2D eigenvalue weighted by Crippen LogP contribution is 2.41. The summed E-state index contributed by atoms with van der Waals surface area (Å²) < 4.78 is 2.43. The van der Waals surface area contributed by atoms with Gasteiger partial charge in [0.15, 0.2) is 5.11 Å². The summed E-state index contributed by atoms with van der Waals surface area (Å²) >= 11 is 5.77. The van der Waals surface area contributed by atoms with Gasteiger partial charge in [-0.05, 0) is 61.5 Å². The minimum atomic E-state index is -0.0639. The van der Waals surface area contributed by atoms with E-state index in [0.29, 0.717) is 24.1 Å². The molecule has 1 aliphatic carbocycles. The lowest BCUT2D eigenvalue weighted by Gasteiger charge is -2.30. The van der Waals surface area contributed by atoms with Crippen LogP contribution in [0.4, 0.5) is 5.69 Å². The van der Waals surface area contributed by atoms with Crippen molar-refractivity contribution in [2.45, 2.75) is 50.2 Å². The predicted molar refractivity (Wildman–Crippen MR) is 134 cm³/mol. The van der Waals surface area contributed by atoms with E-state index in [2.05, 4.69) is 43.4 Å². The molecule has 2 aliphatic rings. The third-order valence-electron chi connectivity index (χ3n) is 6.67. The molecule has 1 aromatic carbocycles. The van der Waals surface area contributed by atoms with Crippen LogP contribution < -0.4 is 10.6 Å². The summed E-state index contributed by atoms with van der Waals surface area (Å²) in [6, 6.07) is 20.3. The molecule has 6 nitrogen and oxygen atoms in total. The van der Waals surface area contributed by atoms with Gasteiger partial charge in [0.25, 0.3) is 0 Å². The summed E-state index contributed by atoms with van der Waals surface area (Å²) in [5, 5.41) is 7.15. The fraction of sp³-hybridized carbons (Fsp3) is 0.346. The first-order chi connectivity index (χ1) is 16.2. The molecule has 5 rings (SSSR count). The van der Waals surface area contributed by atoms with Gasteiger partial charge in [-0.25, -0.2) is 0 Å². The molecular formula is C26H29N5OS. The first kappa shape index (κ1) is 21.6. The summed E-state index contributed by atoms with van der Waals surface area (Å²) in [4.78, 5) is 19.5. The number of nitrogens with zero attached hydrogens (tertiary/aromatic N) is 3. The van der Waals surface area contributed by atoms with Crippen LogP contribution in [0.25, 0.3) is 0 Å². The molecule has 0 spiro atoms. The van der Waals surface area contributed by atoms with E-state index >= 15 is 0 Å². The van der Waals surface area contributed by atoms with Gasteiger partial charge in [-0.1, -0.05) is 37.1 Å². The maximum Gasteiger partial charge on any atom is 0.226 e. The van der Waals surface area contributed by atoms with Crippen molar-refractivity contribution in [1.82, 2.24) is 19.8 Å². The van der Waals surface area contributed by atoms with E-state index in [1.165, 1.54) is 31.4 Å². The topological polar surface area (TPSA) is 62.2 Å². The Bertz CT molecular complexity index is 1090. The van der Waals surface area contributed by atoms with Crippen LogP contribution in [0.1, 0.15) is 61.6 Å². The number of nitrogens with one attached hydrogen (secondary N) is 2. The first-order valence-corrected chi connectivity index (χ1v) is 12.1. The van der Waals surface area contributed by atoms with E-state index < -0.39 is 0 Å². The predicted octanol–water partition coefficient (Wildman–Crippen LogP) is 5.00. The lowest BCUT2D eigenvalue weighted by Crippen LogP contribution is -2.33. The number of rotatable bonds is 7. The van der Waals surface area contributed by atoms with Crippen molar-refractivity contribution < 1.29 is 4.79 Å². The zero-order valence-electron chi connectivity index (χ0n) is 18.6. The van der Waals surface area contributed by atoms with Gasteiger partial charge in [0.05, 0.1) is 17.8 Å². The molecule has 2 fully saturated rings. The fourth-order valence-electron chi connectivity index (χ4n) is 5.11. The van der Waals surface area contributed by atoms with E-state index in [4.69, 9.17) is 12.2 Å². The third-order valence-corrected chi connectivity index (χ3v) is 7.02. The zero-order valence-corrected chi connectivity index (χ0v) is 19.4. The number of aromatic nitrogens is 2. The van der Waals surface area contributed by atoms with Crippen LogP contribution in [0, 0.1) is 0 Å². The number of carbonyl (C=O) groups is 1. The molecule has 1 saturated heterocycles. The normalized spacial score (nSPS) is 20.7. The molecule has 1 amide bonds. The minimum absolute atomic E-state index is 0.0183. The first-order valence-electron chi connectivity index (χ1n) is 11.7. The minimum Gasteiger partial charge on any atom is -0.352 e. The summed E-state index contributed by atoms with van der Waals surface area (Å²) in [5.41, 5.74) is 3.00. The molecule has 3 heterocycles. The Balaban J connectivity index is 1.40. The second-order valence-corrected chi connectivity index (χ2v) is 9.15. The maximum absolute atomic E-state index is 12.7. The lowest BCUT2D eigenvalue weighted by molar-refractivity contribution is -0.116. The number of amides is 1. The monoisotopic (exact) mass is 459 g/mol. The number of hydrogen-bond acceptors (Lipinski definition) is 3. The van der Waals surface area contributed by atoms with Gasteiger partial charge in [0.2, 0.25) is 5.91 Å². The molecule has 0 bridgehead atoms. The molecule has 0 radical (unpaired) electrons. The smallest absolute Gasteiger partial charge is 0.226 e. The molecule has 33 heavy (non-hydrogen) atoms. The lowest BCUT2D eigenvalue weighted by atomic mass is 10.0. The average molecular weight is 460 g/mol. The Kier molecular flexibility index (Phi) is 6.39. The molecule has 3 aromatic rings. The van der Waals surface area contributed by atoms with Gasteiger partial charge >= 0.3 is 0 Å². The summed E-state index contributed by atoms with van der Waals surface area (Å²) in [6.45, 7) is 0.536. The molecule has 1 aliphatic heterocycles. The second-order valence-electron chi connectivity index (χ2n) is 8.76. The van der Waals surface area contributed by atoms with Crippen LogP contribution in [0.15, 0.2) is 73.1 Å². The largest absolute Gasteiger partial charge is 0.352 e. The van der Waals surface area contributed by atoms with Crippen molar-refractivity contribution in [3.05, 3.63) is 84.4 Å². The van der Waals surface area contributed by atoms with E-state index in [0.717, 1.165) is 11.4 Å². The summed E-state index contributed by atoms with van der Waals surface area (Å²) in [5.74, 6) is -0.0183. The summed E-state index contributed by atoms with van der Waals surface area (Å²) in [6.07, 6.45) is 9.34. The van der Waals surface area contributed by atoms with Crippen LogP contribution in [-0.4, -0.2) is 32.0 Å². The molecule has 2 aromatic heterocycles. The summed E-state index contributed by atoms with van der Waals surface area (Å²) in [7, 11) is 0. The second kappa shape index (κ2) is 9.75. The SMILES string of the molecule is O=C(CCN1C(=S)N[C@H](c2ccccn2)[C@H]1c1cccn1C1CCCC1)Nc1ccccc1. The van der Waals surface area contributed by atoms with Crippen molar-refractivity contribution in [1.29, 1.82) is 0 Å². The Labute approximate surface area is 200 Å². The molecule has 7 heteroatoms. The van der Waals surface area contributed by atoms with Gasteiger partial charge in [-0.2, -0.15) is 0 Å². The van der Waals surface area contributed by atoms with E-state index in [9.17, 15) is 4.79 Å². The Morgan fingerprint density at radius 1 is 1.06 bits per heavy atom. The standard InChI is InChI=1S/C26H29N5OS/c32-23(28-19-9-2-1-3-10-19)15-18-31-25(22-14-8-17-30(22)20-11-4-5-12-20)24(29-26(31)33)21-13-6-7-16-27-21/h1-3,6-10,13-14,16-17,20,24-25H,4-5,11-12,15,18H2,(H,28,32)(H,29,33)/t24-,25-/m1/s1. The molecule has 0 unspecified atom stereocenters. The number of thiocarbonyl (C=S) groups is 1. The van der Waals surface area contributed by atoms with Gasteiger partial charge < -0.3 is 20.1 Å². The zero-order chi connectivity index (χ0) is 22.6. The molecular weight excluding hydrogens is 430 g/mol. The quantitative estimate of drug-likeness (QED) is 0.487. The molecule has 1 saturated carbocycles. The Morgan fingerprint density at radius 3 is 2.61 bits per heavy atom. The van der Waals surface area contributed by atoms with Crippen molar-refractivity contribution >= 4 is 28.9 Å². The van der Waals surface area contributed by atoms with E-state index in [-0.39, 0.29) is 18.0 Å². The van der Waals surface area contributed by atoms with Crippen LogP contribution >= 0.6 is 12.2 Å². The molecule has 2 N–H and O–H groups in total. The highest BCUT2D eigenvalue weighted by Gasteiger charge is 2.41. The maximum atomic E-state index is 12.7. The molecule has 2 atom stereocenters. The fourth-order valence-corrected chi connectivity index (χ4v) is 5.44. The van der Waals surface area contributed by atoms with Gasteiger partial charge in [-0.3, -0.25) is 9.78 Å². The van der Waals surface area contributed by atoms with Crippen LogP contribution in [-0.2, 0) is 4.79 Å². The number of carbonyl (C=O) groups excluding carboxylic acids is 1. The van der Waals surface area contributed by atoms with Crippen molar-refractivity contribution in [2.75, 3.05) is 11.9 Å². The van der Waals surface area contributed by atoms with Crippen LogP contribution in [0.2, 0.25) is 0 Å². The van der Waals surface area contributed by atoms with Crippen molar-refractivity contribution in [2.24, 2.45) is 0 Å².